The number of rotatable bonds is 7. The van der Waals surface area contributed by atoms with Crippen molar-refractivity contribution in [3.05, 3.63) is 58.6 Å². The first-order chi connectivity index (χ1) is 10.2. The summed E-state index contributed by atoms with van der Waals surface area (Å²) in [6.07, 6.45) is 0. The van der Waals surface area contributed by atoms with Crippen molar-refractivity contribution >= 4 is 23.1 Å². The number of anilines is 1. The monoisotopic (exact) mass is 304 g/mol. The third-order valence-electron chi connectivity index (χ3n) is 2.83. The normalized spacial score (nSPS) is 10.1. The van der Waals surface area contributed by atoms with Crippen LogP contribution in [-0.2, 0) is 0 Å². The Hall–Kier alpha value is -2.21. The van der Waals surface area contributed by atoms with Gasteiger partial charge >= 0.3 is 5.69 Å². The van der Waals surface area contributed by atoms with Gasteiger partial charge in [-0.3, -0.25) is 10.1 Å². The number of nitro groups is 1. The van der Waals surface area contributed by atoms with Crippen LogP contribution < -0.4 is 10.1 Å². The first-order valence-electron chi connectivity index (χ1n) is 6.45. The fourth-order valence-corrected chi connectivity index (χ4v) is 2.68. The molecule has 0 aliphatic heterocycles. The van der Waals surface area contributed by atoms with E-state index in [0.717, 1.165) is 5.75 Å². The van der Waals surface area contributed by atoms with Gasteiger partial charge in [0.1, 0.15) is 5.69 Å². The Morgan fingerprint density at radius 3 is 2.62 bits per heavy atom. The number of nitrogens with zero attached hydrogens (tertiary/aromatic N) is 1. The van der Waals surface area contributed by atoms with E-state index in [-0.39, 0.29) is 11.4 Å². The molecule has 2 aromatic carbocycles. The van der Waals surface area contributed by atoms with Gasteiger partial charge < -0.3 is 10.1 Å². The number of benzene rings is 2. The molecule has 0 aliphatic carbocycles. The van der Waals surface area contributed by atoms with Gasteiger partial charge in [0.25, 0.3) is 0 Å². The molecule has 0 atom stereocenters. The van der Waals surface area contributed by atoms with Crippen LogP contribution in [0.15, 0.2) is 53.4 Å². The van der Waals surface area contributed by atoms with E-state index in [4.69, 9.17) is 4.74 Å². The van der Waals surface area contributed by atoms with Crippen LogP contribution in [0.3, 0.4) is 0 Å². The predicted molar refractivity (Wildman–Crippen MR) is 85.3 cm³/mol. The minimum Gasteiger partial charge on any atom is -0.490 e. The molecule has 0 fully saturated rings. The van der Waals surface area contributed by atoms with Crippen molar-refractivity contribution in [2.24, 2.45) is 0 Å². The number of hydrogen-bond acceptors (Lipinski definition) is 5. The molecule has 0 saturated carbocycles. The van der Waals surface area contributed by atoms with Crippen molar-refractivity contribution in [3.8, 4) is 5.75 Å². The Bertz CT molecular complexity index is 605. The smallest absolute Gasteiger partial charge is 0.333 e. The third-order valence-corrected chi connectivity index (χ3v) is 3.84. The second kappa shape index (κ2) is 7.54. The molecule has 2 rings (SSSR count). The molecule has 2 aromatic rings. The maximum absolute atomic E-state index is 11.1. The molecule has 0 radical (unpaired) electrons. The van der Waals surface area contributed by atoms with Crippen LogP contribution in [0.4, 0.5) is 11.4 Å². The highest BCUT2D eigenvalue weighted by molar-refractivity contribution is 7.99. The summed E-state index contributed by atoms with van der Waals surface area (Å²) in [4.78, 5) is 11.9. The molecule has 0 bridgehead atoms. The molecular weight excluding hydrogens is 288 g/mol. The second-order valence-corrected chi connectivity index (χ2v) is 5.37. The van der Waals surface area contributed by atoms with Gasteiger partial charge in [0.15, 0.2) is 5.75 Å². The summed E-state index contributed by atoms with van der Waals surface area (Å²) in [6.45, 7) is 0.633. The second-order valence-electron chi connectivity index (χ2n) is 4.20. The first-order valence-corrected chi connectivity index (χ1v) is 7.44. The first kappa shape index (κ1) is 15.2. The van der Waals surface area contributed by atoms with Crippen molar-refractivity contribution in [1.29, 1.82) is 0 Å². The van der Waals surface area contributed by atoms with E-state index in [1.165, 1.54) is 12.0 Å². The summed E-state index contributed by atoms with van der Waals surface area (Å²) in [7, 11) is 1.43. The Morgan fingerprint density at radius 1 is 1.19 bits per heavy atom. The van der Waals surface area contributed by atoms with Gasteiger partial charge in [-0.2, -0.15) is 0 Å². The highest BCUT2D eigenvalue weighted by Gasteiger charge is 2.19. The Kier molecular flexibility index (Phi) is 5.45. The fraction of sp³-hybridized carbons (Fsp3) is 0.200. The standard InChI is InChI=1S/C15H16N2O3S/c1-20-14-9-5-8-13(15(14)17(18)19)16-10-11-21-12-6-3-2-4-7-12/h2-9,16H,10-11H2,1H3. The number of methoxy groups -OCH3 is 1. The molecule has 0 unspecified atom stereocenters. The molecule has 6 heteroatoms. The molecule has 0 aliphatic rings. The lowest BCUT2D eigenvalue weighted by molar-refractivity contribution is -0.384. The number of thioether (sulfide) groups is 1. The van der Waals surface area contributed by atoms with Crippen LogP contribution in [-0.4, -0.2) is 24.3 Å². The van der Waals surface area contributed by atoms with Gasteiger partial charge in [0, 0.05) is 17.2 Å². The summed E-state index contributed by atoms with van der Waals surface area (Å²) < 4.78 is 5.04. The quantitative estimate of drug-likeness (QED) is 0.365. The Labute approximate surface area is 127 Å². The molecular formula is C15H16N2O3S. The van der Waals surface area contributed by atoms with Crippen LogP contribution in [0.2, 0.25) is 0 Å². The lowest BCUT2D eigenvalue weighted by atomic mass is 10.2. The summed E-state index contributed by atoms with van der Waals surface area (Å²) in [5, 5.41) is 14.2. The molecule has 1 N–H and O–H groups in total. The van der Waals surface area contributed by atoms with E-state index >= 15 is 0 Å². The molecule has 5 nitrogen and oxygen atoms in total. The summed E-state index contributed by atoms with van der Waals surface area (Å²) in [6, 6.07) is 15.0. The number of hydrogen-bond donors (Lipinski definition) is 1. The van der Waals surface area contributed by atoms with E-state index in [0.29, 0.717) is 12.2 Å². The Balaban J connectivity index is 1.95. The van der Waals surface area contributed by atoms with Crippen LogP contribution in [0.1, 0.15) is 0 Å². The number of para-hydroxylation sites is 1. The lowest BCUT2D eigenvalue weighted by Gasteiger charge is -2.09. The van der Waals surface area contributed by atoms with Gasteiger partial charge in [-0.1, -0.05) is 24.3 Å². The zero-order valence-electron chi connectivity index (χ0n) is 11.6. The average molecular weight is 304 g/mol. The summed E-state index contributed by atoms with van der Waals surface area (Å²) >= 11 is 1.70. The van der Waals surface area contributed by atoms with Gasteiger partial charge in [-0.15, -0.1) is 11.8 Å². The minimum atomic E-state index is -0.425. The van der Waals surface area contributed by atoms with Gasteiger partial charge in [-0.05, 0) is 24.3 Å². The lowest BCUT2D eigenvalue weighted by Crippen LogP contribution is -2.07. The van der Waals surface area contributed by atoms with Crippen LogP contribution in [0.25, 0.3) is 0 Å². The van der Waals surface area contributed by atoms with Crippen LogP contribution >= 0.6 is 11.8 Å². The fourth-order valence-electron chi connectivity index (χ4n) is 1.89. The molecule has 0 spiro atoms. The van der Waals surface area contributed by atoms with E-state index in [1.807, 2.05) is 30.3 Å². The molecule has 0 heterocycles. The molecule has 21 heavy (non-hydrogen) atoms. The largest absolute Gasteiger partial charge is 0.490 e. The Morgan fingerprint density at radius 2 is 1.95 bits per heavy atom. The number of nitrogens with one attached hydrogen (secondary N) is 1. The molecule has 110 valence electrons. The zero-order valence-corrected chi connectivity index (χ0v) is 12.4. The van der Waals surface area contributed by atoms with Crippen LogP contribution in [0.5, 0.6) is 5.75 Å². The topological polar surface area (TPSA) is 64.4 Å². The molecule has 0 amide bonds. The average Bonchev–Trinajstić information content (AvgIpc) is 2.52. The zero-order chi connectivity index (χ0) is 15.1. The molecule has 0 saturated heterocycles. The SMILES string of the molecule is COc1cccc(NCCSc2ccccc2)c1[N+](=O)[O-]. The van der Waals surface area contributed by atoms with E-state index in [2.05, 4.69) is 5.32 Å². The van der Waals surface area contributed by atoms with Crippen molar-refractivity contribution in [2.45, 2.75) is 4.90 Å². The van der Waals surface area contributed by atoms with E-state index in [9.17, 15) is 10.1 Å². The van der Waals surface area contributed by atoms with Gasteiger partial charge in [0.2, 0.25) is 0 Å². The van der Waals surface area contributed by atoms with Gasteiger partial charge in [0.05, 0.1) is 12.0 Å². The number of nitro benzene ring substituents is 1. The van der Waals surface area contributed by atoms with Crippen molar-refractivity contribution in [2.75, 3.05) is 24.7 Å². The summed E-state index contributed by atoms with van der Waals surface area (Å²) in [5.41, 5.74) is 0.456. The van der Waals surface area contributed by atoms with Crippen molar-refractivity contribution in [3.63, 3.8) is 0 Å². The molecule has 0 aromatic heterocycles. The highest BCUT2D eigenvalue weighted by atomic mass is 32.2. The predicted octanol–water partition coefficient (Wildman–Crippen LogP) is 3.81. The van der Waals surface area contributed by atoms with Crippen molar-refractivity contribution < 1.29 is 9.66 Å². The van der Waals surface area contributed by atoms with E-state index in [1.54, 1.807) is 30.0 Å². The van der Waals surface area contributed by atoms with E-state index < -0.39 is 4.92 Å². The van der Waals surface area contributed by atoms with Crippen molar-refractivity contribution in [1.82, 2.24) is 0 Å². The maximum atomic E-state index is 11.1. The van der Waals surface area contributed by atoms with Gasteiger partial charge in [-0.25, -0.2) is 0 Å². The third kappa shape index (κ3) is 4.13. The van der Waals surface area contributed by atoms with Crippen LogP contribution in [0, 0.1) is 10.1 Å². The minimum absolute atomic E-state index is 0.0234. The maximum Gasteiger partial charge on any atom is 0.333 e. The number of ether oxygens (including phenoxy) is 1. The summed E-state index contributed by atoms with van der Waals surface area (Å²) in [5.74, 6) is 1.08. The highest BCUT2D eigenvalue weighted by Crippen LogP contribution is 2.34.